The fourth-order valence-corrected chi connectivity index (χ4v) is 10.2. The molecule has 10 heteroatoms. The van der Waals surface area contributed by atoms with E-state index in [0.29, 0.717) is 11.8 Å². The largest absolute Gasteiger partial charge is 0.491 e. The standard InChI is InChI=1S/C38H44N4O2S4/c1-7-11-13-23(9-3)19-43-35-28-16-22(6)45-37(28)36(44-20-24(10-4)14-12-8-2)29-18-30(46-38(29)35)27-17-26-25(33-34(27)42-48-41-33)15-21(5)31-32(26)40-47-39-31/h15-18,23-24H,7-14,19-20H2,1-6H3. The zero-order chi connectivity index (χ0) is 33.4. The molecule has 252 valence electrons. The predicted octanol–water partition coefficient (Wildman–Crippen LogP) is 12.8. The molecule has 0 aliphatic heterocycles. The molecule has 4 heterocycles. The van der Waals surface area contributed by atoms with E-state index in [0.717, 1.165) is 96.5 Å². The van der Waals surface area contributed by atoms with E-state index in [4.69, 9.17) is 22.6 Å². The maximum atomic E-state index is 6.92. The van der Waals surface area contributed by atoms with Gasteiger partial charge >= 0.3 is 0 Å². The van der Waals surface area contributed by atoms with Gasteiger partial charge < -0.3 is 9.47 Å². The fourth-order valence-electron chi connectivity index (χ4n) is 6.84. The number of benzene rings is 3. The molecule has 7 rings (SSSR count). The lowest BCUT2D eigenvalue weighted by Gasteiger charge is -2.19. The maximum Gasteiger partial charge on any atom is 0.146 e. The van der Waals surface area contributed by atoms with Crippen molar-refractivity contribution in [3.05, 3.63) is 34.7 Å². The van der Waals surface area contributed by atoms with Crippen molar-refractivity contribution in [1.82, 2.24) is 17.5 Å². The predicted molar refractivity (Wildman–Crippen MR) is 209 cm³/mol. The summed E-state index contributed by atoms with van der Waals surface area (Å²) >= 11 is 6.14. The van der Waals surface area contributed by atoms with E-state index >= 15 is 0 Å². The van der Waals surface area contributed by atoms with Gasteiger partial charge in [0.1, 0.15) is 33.6 Å². The van der Waals surface area contributed by atoms with Crippen LogP contribution in [0.2, 0.25) is 0 Å². The molecule has 3 aromatic carbocycles. The minimum Gasteiger partial charge on any atom is -0.491 e. The maximum absolute atomic E-state index is 6.92. The highest BCUT2D eigenvalue weighted by Crippen LogP contribution is 2.52. The normalized spacial score (nSPS) is 13.5. The van der Waals surface area contributed by atoms with E-state index in [1.165, 1.54) is 76.9 Å². The van der Waals surface area contributed by atoms with Gasteiger partial charge in [0, 0.05) is 36.9 Å². The second-order valence-electron chi connectivity index (χ2n) is 13.2. The number of rotatable bonds is 15. The van der Waals surface area contributed by atoms with Gasteiger partial charge in [-0.25, -0.2) is 0 Å². The second kappa shape index (κ2) is 14.5. The molecule has 48 heavy (non-hydrogen) atoms. The van der Waals surface area contributed by atoms with Crippen LogP contribution in [0.5, 0.6) is 11.5 Å². The number of ether oxygens (including phenoxy) is 2. The number of unbranched alkanes of at least 4 members (excludes halogenated alkanes) is 2. The molecule has 0 spiro atoms. The monoisotopic (exact) mass is 716 g/mol. The third-order valence-electron chi connectivity index (χ3n) is 9.82. The van der Waals surface area contributed by atoms with Crippen molar-refractivity contribution in [1.29, 1.82) is 0 Å². The number of aryl methyl sites for hydroxylation is 2. The van der Waals surface area contributed by atoms with Gasteiger partial charge in [0.15, 0.2) is 0 Å². The van der Waals surface area contributed by atoms with Crippen LogP contribution in [-0.2, 0) is 0 Å². The first-order valence-electron chi connectivity index (χ1n) is 17.5. The Kier molecular flexibility index (Phi) is 10.2. The van der Waals surface area contributed by atoms with E-state index in [1.54, 1.807) is 11.3 Å². The highest BCUT2D eigenvalue weighted by atomic mass is 32.1. The molecule has 0 bridgehead atoms. The summed E-state index contributed by atoms with van der Waals surface area (Å²) in [6.45, 7) is 14.9. The molecule has 7 aromatic rings. The molecule has 0 saturated heterocycles. The molecule has 0 aliphatic carbocycles. The van der Waals surface area contributed by atoms with Crippen LogP contribution in [-0.4, -0.2) is 30.7 Å². The third-order valence-corrected chi connectivity index (χ3v) is 13.1. The van der Waals surface area contributed by atoms with Gasteiger partial charge in [0.25, 0.3) is 0 Å². The van der Waals surface area contributed by atoms with Crippen molar-refractivity contribution in [3.8, 4) is 21.9 Å². The van der Waals surface area contributed by atoms with Crippen LogP contribution in [0.25, 0.3) is 63.5 Å². The molecule has 0 aliphatic rings. The van der Waals surface area contributed by atoms with Gasteiger partial charge in [0.2, 0.25) is 0 Å². The summed E-state index contributed by atoms with van der Waals surface area (Å²) in [6.07, 6.45) is 9.51. The average Bonchev–Trinajstić information content (AvgIpc) is 3.91. The van der Waals surface area contributed by atoms with Gasteiger partial charge in [-0.05, 0) is 68.4 Å². The molecular weight excluding hydrogens is 673 g/mol. The smallest absolute Gasteiger partial charge is 0.146 e. The van der Waals surface area contributed by atoms with Gasteiger partial charge in [-0.15, -0.1) is 22.7 Å². The molecule has 2 atom stereocenters. The Labute approximate surface area is 299 Å². The van der Waals surface area contributed by atoms with Crippen molar-refractivity contribution in [2.75, 3.05) is 13.2 Å². The first-order valence-corrected chi connectivity index (χ1v) is 20.6. The van der Waals surface area contributed by atoms with Crippen LogP contribution < -0.4 is 9.47 Å². The first kappa shape index (κ1) is 33.6. The Hall–Kier alpha value is -2.92. The quantitative estimate of drug-likeness (QED) is 0.105. The third kappa shape index (κ3) is 6.18. The molecule has 0 radical (unpaired) electrons. The number of aromatic nitrogens is 4. The van der Waals surface area contributed by atoms with Crippen molar-refractivity contribution in [2.45, 2.75) is 92.9 Å². The van der Waals surface area contributed by atoms with Crippen molar-refractivity contribution >= 4 is 99.1 Å². The topological polar surface area (TPSA) is 70.0 Å². The van der Waals surface area contributed by atoms with E-state index < -0.39 is 0 Å². The second-order valence-corrected chi connectivity index (χ2v) is 16.6. The summed E-state index contributed by atoms with van der Waals surface area (Å²) in [5.74, 6) is 3.06. The number of hydrogen-bond donors (Lipinski definition) is 0. The van der Waals surface area contributed by atoms with Gasteiger partial charge in [-0.3, -0.25) is 0 Å². The van der Waals surface area contributed by atoms with Crippen molar-refractivity contribution < 1.29 is 9.47 Å². The molecule has 0 N–H and O–H groups in total. The summed E-state index contributed by atoms with van der Waals surface area (Å²) in [4.78, 5) is 2.41. The number of fused-ring (bicyclic) bond motifs is 7. The molecule has 0 saturated carbocycles. The zero-order valence-corrected chi connectivity index (χ0v) is 32.0. The van der Waals surface area contributed by atoms with Crippen LogP contribution in [0.3, 0.4) is 0 Å². The lowest BCUT2D eigenvalue weighted by molar-refractivity contribution is 0.235. The molecule has 0 amide bonds. The van der Waals surface area contributed by atoms with Crippen LogP contribution in [0, 0.1) is 25.7 Å². The van der Waals surface area contributed by atoms with Crippen LogP contribution in [0.15, 0.2) is 24.3 Å². The van der Waals surface area contributed by atoms with E-state index in [-0.39, 0.29) is 0 Å². The Bertz CT molecular complexity index is 2140. The summed E-state index contributed by atoms with van der Waals surface area (Å²) in [5.41, 5.74) is 5.94. The molecule has 0 fully saturated rings. The van der Waals surface area contributed by atoms with Crippen LogP contribution in [0.4, 0.5) is 0 Å². The van der Waals surface area contributed by atoms with Crippen LogP contribution >= 0.6 is 46.1 Å². The Morgan fingerprint density at radius 1 is 0.604 bits per heavy atom. The summed E-state index contributed by atoms with van der Waals surface area (Å²) in [6, 6.07) is 9.07. The van der Waals surface area contributed by atoms with E-state index in [1.807, 2.05) is 11.3 Å². The van der Waals surface area contributed by atoms with E-state index in [9.17, 15) is 0 Å². The first-order chi connectivity index (χ1) is 23.4. The van der Waals surface area contributed by atoms with Gasteiger partial charge in [-0.2, -0.15) is 17.5 Å². The highest BCUT2D eigenvalue weighted by molar-refractivity contribution is 7.23. The minimum absolute atomic E-state index is 0.535. The Balaban J connectivity index is 1.43. The summed E-state index contributed by atoms with van der Waals surface area (Å²) < 4.78 is 35.2. The SMILES string of the molecule is CCCCC(CC)COc1c2cc(-c3cc4c(cc(C)c5nsnc54)c4nsnc34)sc2c(OCC(CC)CCCC)c2cc(C)sc12. The highest BCUT2D eigenvalue weighted by Gasteiger charge is 2.25. The molecule has 2 unspecified atom stereocenters. The minimum atomic E-state index is 0.535. The van der Waals surface area contributed by atoms with Crippen molar-refractivity contribution in [2.24, 2.45) is 11.8 Å². The molecule has 6 nitrogen and oxygen atoms in total. The van der Waals surface area contributed by atoms with Gasteiger partial charge in [-0.1, -0.05) is 66.2 Å². The number of thiophene rings is 2. The molecule has 4 aromatic heterocycles. The lowest BCUT2D eigenvalue weighted by Crippen LogP contribution is -2.12. The fraction of sp³-hybridized carbons (Fsp3) is 0.474. The van der Waals surface area contributed by atoms with E-state index in [2.05, 4.69) is 70.2 Å². The molecular formula is C38H44N4O2S4. The lowest BCUT2D eigenvalue weighted by atomic mass is 9.99. The number of nitrogens with zero attached hydrogens (tertiary/aromatic N) is 4. The number of hydrogen-bond acceptors (Lipinski definition) is 10. The summed E-state index contributed by atoms with van der Waals surface area (Å²) in [7, 11) is 0. The zero-order valence-electron chi connectivity index (χ0n) is 28.8. The van der Waals surface area contributed by atoms with Crippen molar-refractivity contribution in [3.63, 3.8) is 0 Å². The Morgan fingerprint density at radius 2 is 1.15 bits per heavy atom. The average molecular weight is 717 g/mol. The van der Waals surface area contributed by atoms with Gasteiger partial charge in [0.05, 0.1) is 46.1 Å². The Morgan fingerprint density at radius 3 is 1.77 bits per heavy atom. The summed E-state index contributed by atoms with van der Waals surface area (Å²) in [5, 5.41) is 4.46. The van der Waals surface area contributed by atoms with Crippen LogP contribution in [0.1, 0.15) is 89.5 Å².